The van der Waals surface area contributed by atoms with E-state index in [1.54, 1.807) is 18.3 Å². The number of hydrogen-bond donors (Lipinski definition) is 0. The summed E-state index contributed by atoms with van der Waals surface area (Å²) in [6.45, 7) is -0.0176. The van der Waals surface area contributed by atoms with Crippen LogP contribution in [0.1, 0.15) is 22.3 Å². The molecule has 0 aliphatic carbocycles. The topological polar surface area (TPSA) is 115 Å². The number of benzene rings is 2. The molecule has 0 radical (unpaired) electrons. The molecule has 0 fully saturated rings. The lowest BCUT2D eigenvalue weighted by Gasteiger charge is -2.01. The number of carbonyl (C=O) groups is 2. The Morgan fingerprint density at radius 3 is 2.77 bits per heavy atom. The van der Waals surface area contributed by atoms with Crippen molar-refractivity contribution in [3.8, 4) is 6.07 Å². The molecule has 2 aromatic carbocycles. The van der Waals surface area contributed by atoms with Crippen LogP contribution in [-0.2, 0) is 16.1 Å². The average molecular weight is 438 g/mol. The van der Waals surface area contributed by atoms with Crippen molar-refractivity contribution >= 4 is 46.0 Å². The molecule has 0 saturated carbocycles. The number of para-hydroxylation sites is 1. The van der Waals surface area contributed by atoms with Crippen LogP contribution < -0.4 is 0 Å². The highest BCUT2D eigenvalue weighted by molar-refractivity contribution is 6.32. The second kappa shape index (κ2) is 9.69. The lowest BCUT2D eigenvalue weighted by molar-refractivity contribution is -0.384. The minimum absolute atomic E-state index is 0.00995. The lowest BCUT2D eigenvalue weighted by atomic mass is 10.1. The molecule has 0 aliphatic heterocycles. The molecule has 1 heterocycles. The first-order valence-corrected chi connectivity index (χ1v) is 9.55. The van der Waals surface area contributed by atoms with E-state index in [9.17, 15) is 19.7 Å². The smallest absolute Gasteiger partial charge is 0.331 e. The van der Waals surface area contributed by atoms with E-state index >= 15 is 0 Å². The van der Waals surface area contributed by atoms with Gasteiger partial charge < -0.3 is 9.30 Å². The second-order valence-corrected chi connectivity index (χ2v) is 6.90. The third-order valence-electron chi connectivity index (χ3n) is 4.48. The van der Waals surface area contributed by atoms with Crippen molar-refractivity contribution in [2.24, 2.45) is 0 Å². The van der Waals surface area contributed by atoms with Gasteiger partial charge in [-0.3, -0.25) is 14.9 Å². The summed E-state index contributed by atoms with van der Waals surface area (Å²) < 4.78 is 6.84. The van der Waals surface area contributed by atoms with E-state index in [0.29, 0.717) is 29.5 Å². The maximum absolute atomic E-state index is 12.6. The van der Waals surface area contributed by atoms with E-state index in [1.165, 1.54) is 24.3 Å². The highest BCUT2D eigenvalue weighted by atomic mass is 35.5. The number of hydrogen-bond acceptors (Lipinski definition) is 6. The lowest BCUT2D eigenvalue weighted by Crippen LogP contribution is -2.12. The number of nitrogens with zero attached hydrogens (tertiary/aromatic N) is 3. The first kappa shape index (κ1) is 21.7. The number of aryl methyl sites for hydroxylation is 1. The molecule has 0 spiro atoms. The summed E-state index contributed by atoms with van der Waals surface area (Å²) in [6, 6.07) is 13.5. The molecule has 1 aromatic heterocycles. The summed E-state index contributed by atoms with van der Waals surface area (Å²) in [7, 11) is 0. The predicted molar refractivity (Wildman–Crippen MR) is 115 cm³/mol. The molecule has 0 unspecified atom stereocenters. The fourth-order valence-corrected chi connectivity index (χ4v) is 3.21. The van der Waals surface area contributed by atoms with E-state index in [0.717, 1.165) is 11.6 Å². The van der Waals surface area contributed by atoms with Gasteiger partial charge in [-0.2, -0.15) is 5.26 Å². The van der Waals surface area contributed by atoms with Crippen molar-refractivity contribution in [2.45, 2.75) is 13.0 Å². The summed E-state index contributed by atoms with van der Waals surface area (Å²) in [5.74, 6) is -1.14. The van der Waals surface area contributed by atoms with Gasteiger partial charge in [0.05, 0.1) is 17.4 Å². The number of nitro groups is 1. The molecule has 8 nitrogen and oxygen atoms in total. The van der Waals surface area contributed by atoms with Crippen molar-refractivity contribution in [3.05, 3.63) is 81.0 Å². The van der Waals surface area contributed by atoms with Gasteiger partial charge in [0.1, 0.15) is 5.02 Å². The number of nitro benzene ring substituents is 1. The standard InChI is InChI=1S/C22H16ClN3O5/c23-18-8-6-15(12-20(18)26(29)30)7-9-22(28)31-14-21(27)17-13-25(11-3-10-24)19-5-2-1-4-16(17)19/h1-2,4-9,12-13H,3,11,14H2/b9-7+. The van der Waals surface area contributed by atoms with Crippen LogP contribution in [0.2, 0.25) is 5.02 Å². The Labute approximate surface area is 182 Å². The molecule has 3 rings (SSSR count). The zero-order valence-corrected chi connectivity index (χ0v) is 16.9. The summed E-state index contributed by atoms with van der Waals surface area (Å²) in [4.78, 5) is 34.9. The van der Waals surface area contributed by atoms with Gasteiger partial charge in [-0.1, -0.05) is 35.9 Å². The number of nitriles is 1. The molecule has 31 heavy (non-hydrogen) atoms. The fourth-order valence-electron chi connectivity index (χ4n) is 3.02. The van der Waals surface area contributed by atoms with Gasteiger partial charge in [0.15, 0.2) is 6.61 Å². The molecule has 0 amide bonds. The average Bonchev–Trinajstić information content (AvgIpc) is 3.14. The summed E-state index contributed by atoms with van der Waals surface area (Å²) in [5, 5.41) is 20.4. The van der Waals surface area contributed by atoms with Gasteiger partial charge in [0.25, 0.3) is 5.69 Å². The van der Waals surface area contributed by atoms with Crippen molar-refractivity contribution in [1.82, 2.24) is 4.57 Å². The molecular formula is C22H16ClN3O5. The number of fused-ring (bicyclic) bond motifs is 1. The van der Waals surface area contributed by atoms with Gasteiger partial charge in [0.2, 0.25) is 5.78 Å². The molecule has 156 valence electrons. The van der Waals surface area contributed by atoms with Gasteiger partial charge in [-0.25, -0.2) is 4.79 Å². The van der Waals surface area contributed by atoms with Gasteiger partial charge in [0, 0.05) is 41.4 Å². The Morgan fingerprint density at radius 1 is 1.26 bits per heavy atom. The Kier molecular flexibility index (Phi) is 6.80. The van der Waals surface area contributed by atoms with Gasteiger partial charge >= 0.3 is 5.97 Å². The number of ether oxygens (including phenoxy) is 1. The number of Topliss-reactive ketones (excluding diaryl/α,β-unsaturated/α-hetero) is 1. The first-order valence-electron chi connectivity index (χ1n) is 9.17. The number of halogens is 1. The zero-order chi connectivity index (χ0) is 22.4. The minimum atomic E-state index is -0.765. The van der Waals surface area contributed by atoms with Crippen LogP contribution in [0, 0.1) is 21.4 Å². The van der Waals surface area contributed by atoms with Gasteiger partial charge in [-0.15, -0.1) is 0 Å². The molecule has 0 saturated heterocycles. The van der Waals surface area contributed by atoms with E-state index in [-0.39, 0.29) is 16.5 Å². The monoisotopic (exact) mass is 437 g/mol. The third kappa shape index (κ3) is 5.15. The Hall–Kier alpha value is -3.96. The molecule has 0 bridgehead atoms. The van der Waals surface area contributed by atoms with E-state index in [1.807, 2.05) is 16.7 Å². The largest absolute Gasteiger partial charge is 0.454 e. The van der Waals surface area contributed by atoms with E-state index < -0.39 is 17.5 Å². The predicted octanol–water partition coefficient (Wildman–Crippen LogP) is 4.56. The maximum atomic E-state index is 12.6. The highest BCUT2D eigenvalue weighted by Crippen LogP contribution is 2.25. The Bertz CT molecular complexity index is 1240. The van der Waals surface area contributed by atoms with Crippen LogP contribution in [0.3, 0.4) is 0 Å². The SMILES string of the molecule is N#CCCn1cc(C(=O)COC(=O)/C=C/c2ccc(Cl)c([N+](=O)[O-])c2)c2ccccc21. The molecular weight excluding hydrogens is 422 g/mol. The molecule has 0 aliphatic rings. The van der Waals surface area contributed by atoms with Crippen LogP contribution in [0.25, 0.3) is 17.0 Å². The number of aromatic nitrogens is 1. The maximum Gasteiger partial charge on any atom is 0.331 e. The number of esters is 1. The highest BCUT2D eigenvalue weighted by Gasteiger charge is 2.16. The molecule has 3 aromatic rings. The molecule has 0 N–H and O–H groups in total. The summed E-state index contributed by atoms with van der Waals surface area (Å²) in [5.41, 5.74) is 1.33. The van der Waals surface area contributed by atoms with Crippen LogP contribution in [0.5, 0.6) is 0 Å². The number of rotatable bonds is 8. The van der Waals surface area contributed by atoms with E-state index in [4.69, 9.17) is 21.6 Å². The zero-order valence-electron chi connectivity index (χ0n) is 16.2. The number of ketones is 1. The van der Waals surface area contributed by atoms with Crippen molar-refractivity contribution in [1.29, 1.82) is 5.26 Å². The van der Waals surface area contributed by atoms with Crippen molar-refractivity contribution in [2.75, 3.05) is 6.61 Å². The first-order chi connectivity index (χ1) is 14.9. The normalized spacial score (nSPS) is 10.8. The summed E-state index contributed by atoms with van der Waals surface area (Å²) in [6.07, 6.45) is 4.37. The quantitative estimate of drug-likeness (QED) is 0.168. The van der Waals surface area contributed by atoms with Crippen molar-refractivity contribution in [3.63, 3.8) is 0 Å². The van der Waals surface area contributed by atoms with Crippen LogP contribution in [-0.4, -0.2) is 27.8 Å². The van der Waals surface area contributed by atoms with Gasteiger partial charge in [-0.05, 0) is 23.8 Å². The fraction of sp³-hybridized carbons (Fsp3) is 0.136. The second-order valence-electron chi connectivity index (χ2n) is 6.49. The van der Waals surface area contributed by atoms with E-state index in [2.05, 4.69) is 6.07 Å². The third-order valence-corrected chi connectivity index (χ3v) is 4.80. The Balaban J connectivity index is 1.68. The minimum Gasteiger partial charge on any atom is -0.454 e. The van der Waals surface area contributed by atoms with Crippen LogP contribution in [0.15, 0.2) is 54.7 Å². The molecule has 0 atom stereocenters. The Morgan fingerprint density at radius 2 is 2.03 bits per heavy atom. The van der Waals surface area contributed by atoms with Crippen molar-refractivity contribution < 1.29 is 19.2 Å². The van der Waals surface area contributed by atoms with Crippen LogP contribution in [0.4, 0.5) is 5.69 Å². The van der Waals surface area contributed by atoms with Crippen LogP contribution >= 0.6 is 11.6 Å². The summed E-state index contributed by atoms with van der Waals surface area (Å²) >= 11 is 5.76. The molecule has 9 heteroatoms. The number of carbonyl (C=O) groups excluding carboxylic acids is 2.